The van der Waals surface area contributed by atoms with Crippen LogP contribution in [-0.2, 0) is 10.0 Å². The number of hydrogen-bond donors (Lipinski definition) is 3. The molecule has 0 saturated heterocycles. The third kappa shape index (κ3) is 3.35. The maximum Gasteiger partial charge on any atom is 0.239 e. The van der Waals surface area contributed by atoms with Crippen LogP contribution in [-0.4, -0.2) is 21.5 Å². The fourth-order valence-corrected chi connectivity index (χ4v) is 2.12. The predicted octanol–water partition coefficient (Wildman–Crippen LogP) is 0.358. The van der Waals surface area contributed by atoms with Gasteiger partial charge in [0.05, 0.1) is 5.02 Å². The highest BCUT2D eigenvalue weighted by molar-refractivity contribution is 7.89. The van der Waals surface area contributed by atoms with E-state index in [4.69, 9.17) is 22.5 Å². The van der Waals surface area contributed by atoms with Gasteiger partial charge in [-0.3, -0.25) is 0 Å². The molecule has 0 bridgehead atoms. The van der Waals surface area contributed by atoms with Crippen molar-refractivity contribution in [1.82, 2.24) is 0 Å². The first-order valence-electron chi connectivity index (χ1n) is 4.21. The Kier molecular flexibility index (Phi) is 3.92. The molecule has 1 aromatic rings. The van der Waals surface area contributed by atoms with Gasteiger partial charge in [-0.15, -0.1) is 0 Å². The lowest BCUT2D eigenvalue weighted by atomic mass is 10.3. The van der Waals surface area contributed by atoms with E-state index in [-0.39, 0.29) is 9.92 Å². The molecule has 0 unspecified atom stereocenters. The van der Waals surface area contributed by atoms with Gasteiger partial charge >= 0.3 is 0 Å². The van der Waals surface area contributed by atoms with Gasteiger partial charge in [0.1, 0.15) is 4.90 Å². The second kappa shape index (κ2) is 4.80. The van der Waals surface area contributed by atoms with Crippen molar-refractivity contribution in [2.75, 3.05) is 18.4 Å². The number of nitrogens with two attached hydrogens (primary N) is 2. The minimum atomic E-state index is -3.78. The third-order valence-corrected chi connectivity index (χ3v) is 3.10. The lowest BCUT2D eigenvalue weighted by molar-refractivity contribution is 0.598. The minimum absolute atomic E-state index is 0.0915. The zero-order chi connectivity index (χ0) is 11.5. The van der Waals surface area contributed by atoms with E-state index >= 15 is 0 Å². The molecule has 1 rings (SSSR count). The summed E-state index contributed by atoms with van der Waals surface area (Å²) in [6.45, 7) is 0.999. The summed E-state index contributed by atoms with van der Waals surface area (Å²) in [5.74, 6) is 0. The molecule has 0 spiro atoms. The van der Waals surface area contributed by atoms with Crippen molar-refractivity contribution in [3.8, 4) is 0 Å². The van der Waals surface area contributed by atoms with Gasteiger partial charge in [0.15, 0.2) is 0 Å². The van der Waals surface area contributed by atoms with Crippen LogP contribution in [0.25, 0.3) is 0 Å². The molecule has 0 fully saturated rings. The van der Waals surface area contributed by atoms with Crippen molar-refractivity contribution in [3.63, 3.8) is 0 Å². The predicted molar refractivity (Wildman–Crippen MR) is 60.4 cm³/mol. The fraction of sp³-hybridized carbons (Fsp3) is 0.250. The number of anilines is 1. The molecule has 0 radical (unpaired) electrons. The van der Waals surface area contributed by atoms with E-state index in [9.17, 15) is 8.42 Å². The first-order chi connectivity index (χ1) is 6.95. The van der Waals surface area contributed by atoms with Crippen LogP contribution >= 0.6 is 11.6 Å². The Morgan fingerprint density at radius 3 is 2.60 bits per heavy atom. The molecule has 84 valence electrons. The van der Waals surface area contributed by atoms with Gasteiger partial charge < -0.3 is 11.1 Å². The number of sulfonamides is 1. The van der Waals surface area contributed by atoms with E-state index in [0.717, 1.165) is 0 Å². The van der Waals surface area contributed by atoms with E-state index in [1.807, 2.05) is 0 Å². The number of primary sulfonamides is 1. The molecule has 0 aliphatic heterocycles. The molecule has 5 N–H and O–H groups in total. The van der Waals surface area contributed by atoms with Gasteiger partial charge in [0.2, 0.25) is 10.0 Å². The zero-order valence-electron chi connectivity index (χ0n) is 7.90. The van der Waals surface area contributed by atoms with Crippen LogP contribution in [0.4, 0.5) is 5.69 Å². The summed E-state index contributed by atoms with van der Waals surface area (Å²) in [5, 5.41) is 8.03. The van der Waals surface area contributed by atoms with Crippen molar-refractivity contribution in [2.24, 2.45) is 10.9 Å². The van der Waals surface area contributed by atoms with E-state index < -0.39 is 10.0 Å². The molecule has 0 heterocycles. The van der Waals surface area contributed by atoms with Gasteiger partial charge in [-0.05, 0) is 18.2 Å². The topological polar surface area (TPSA) is 98.2 Å². The van der Waals surface area contributed by atoms with E-state index in [2.05, 4.69) is 5.32 Å². The lowest BCUT2D eigenvalue weighted by Crippen LogP contribution is -2.15. The molecule has 1 aromatic carbocycles. The standard InChI is InChI=1S/C8H12ClN3O2S/c9-7-2-1-6(12-4-3-10)5-8(7)15(11,13)14/h1-2,5,12H,3-4,10H2,(H2,11,13,14). The summed E-state index contributed by atoms with van der Waals surface area (Å²) in [6, 6.07) is 4.51. The van der Waals surface area contributed by atoms with Gasteiger partial charge in [0, 0.05) is 18.8 Å². The second-order valence-corrected chi connectivity index (χ2v) is 4.84. The number of benzene rings is 1. The first-order valence-corrected chi connectivity index (χ1v) is 6.14. The highest BCUT2D eigenvalue weighted by atomic mass is 35.5. The Hall–Kier alpha value is -0.820. The molecule has 0 aliphatic carbocycles. The summed E-state index contributed by atoms with van der Waals surface area (Å²) in [6.07, 6.45) is 0. The normalized spacial score (nSPS) is 11.4. The van der Waals surface area contributed by atoms with Crippen molar-refractivity contribution < 1.29 is 8.42 Å². The molecular weight excluding hydrogens is 238 g/mol. The number of nitrogens with one attached hydrogen (secondary N) is 1. The van der Waals surface area contributed by atoms with Crippen LogP contribution in [0.5, 0.6) is 0 Å². The molecule has 0 amide bonds. The quantitative estimate of drug-likeness (QED) is 0.718. The Morgan fingerprint density at radius 1 is 1.40 bits per heavy atom. The maximum absolute atomic E-state index is 11.1. The van der Waals surface area contributed by atoms with Crippen molar-refractivity contribution in [2.45, 2.75) is 4.90 Å². The summed E-state index contributed by atoms with van der Waals surface area (Å²) in [5.41, 5.74) is 5.92. The van der Waals surface area contributed by atoms with E-state index in [1.54, 1.807) is 6.07 Å². The number of rotatable bonds is 4. The monoisotopic (exact) mass is 249 g/mol. The Bertz CT molecular complexity index is 447. The van der Waals surface area contributed by atoms with Crippen LogP contribution in [0.15, 0.2) is 23.1 Å². The number of halogens is 1. The van der Waals surface area contributed by atoms with Gasteiger partial charge in [-0.25, -0.2) is 13.6 Å². The Morgan fingerprint density at radius 2 is 2.07 bits per heavy atom. The molecule has 0 saturated carbocycles. The first kappa shape index (κ1) is 12.3. The third-order valence-electron chi connectivity index (χ3n) is 1.71. The largest absolute Gasteiger partial charge is 0.384 e. The fourth-order valence-electron chi connectivity index (χ4n) is 1.05. The summed E-state index contributed by atoms with van der Waals surface area (Å²) < 4.78 is 22.2. The summed E-state index contributed by atoms with van der Waals surface area (Å²) >= 11 is 5.70. The molecular formula is C8H12ClN3O2S. The SMILES string of the molecule is NCCNc1ccc(Cl)c(S(N)(=O)=O)c1. The maximum atomic E-state index is 11.1. The molecule has 7 heteroatoms. The summed E-state index contributed by atoms with van der Waals surface area (Å²) in [7, 11) is -3.78. The van der Waals surface area contributed by atoms with Crippen LogP contribution in [0.1, 0.15) is 0 Å². The van der Waals surface area contributed by atoms with Crippen molar-refractivity contribution >= 4 is 27.3 Å². The van der Waals surface area contributed by atoms with Gasteiger partial charge in [-0.1, -0.05) is 11.6 Å². The van der Waals surface area contributed by atoms with Gasteiger partial charge in [-0.2, -0.15) is 0 Å². The van der Waals surface area contributed by atoms with Crippen LogP contribution in [0.3, 0.4) is 0 Å². The lowest BCUT2D eigenvalue weighted by Gasteiger charge is -2.07. The zero-order valence-corrected chi connectivity index (χ0v) is 9.48. The van der Waals surface area contributed by atoms with Crippen LogP contribution in [0, 0.1) is 0 Å². The van der Waals surface area contributed by atoms with Crippen LogP contribution in [0.2, 0.25) is 5.02 Å². The smallest absolute Gasteiger partial charge is 0.239 e. The van der Waals surface area contributed by atoms with E-state index in [0.29, 0.717) is 18.8 Å². The van der Waals surface area contributed by atoms with Crippen molar-refractivity contribution in [3.05, 3.63) is 23.2 Å². The minimum Gasteiger partial charge on any atom is -0.384 e. The average molecular weight is 250 g/mol. The summed E-state index contributed by atoms with van der Waals surface area (Å²) in [4.78, 5) is -0.0915. The molecule has 0 aromatic heterocycles. The Labute approximate surface area is 93.5 Å². The second-order valence-electron chi connectivity index (χ2n) is 2.91. The van der Waals surface area contributed by atoms with E-state index in [1.165, 1.54) is 12.1 Å². The average Bonchev–Trinajstić information content (AvgIpc) is 2.15. The highest BCUT2D eigenvalue weighted by Crippen LogP contribution is 2.23. The highest BCUT2D eigenvalue weighted by Gasteiger charge is 2.13. The molecule has 0 aliphatic rings. The Balaban J connectivity index is 3.06. The van der Waals surface area contributed by atoms with Crippen LogP contribution < -0.4 is 16.2 Å². The van der Waals surface area contributed by atoms with Crippen molar-refractivity contribution in [1.29, 1.82) is 0 Å². The molecule has 5 nitrogen and oxygen atoms in total. The molecule has 0 atom stereocenters. The molecule has 15 heavy (non-hydrogen) atoms. The van der Waals surface area contributed by atoms with Gasteiger partial charge in [0.25, 0.3) is 0 Å². The number of hydrogen-bond acceptors (Lipinski definition) is 4.